The van der Waals surface area contributed by atoms with Crippen LogP contribution in [-0.2, 0) is 11.0 Å². The summed E-state index contributed by atoms with van der Waals surface area (Å²) in [5.74, 6) is 0.103. The van der Waals surface area contributed by atoms with Crippen molar-refractivity contribution >= 4 is 5.91 Å². The summed E-state index contributed by atoms with van der Waals surface area (Å²) < 4.78 is 50.7. The summed E-state index contributed by atoms with van der Waals surface area (Å²) in [6, 6.07) is 4.96. The first-order chi connectivity index (χ1) is 13.4. The molecule has 1 fully saturated rings. The number of rotatable bonds is 5. The molecule has 0 radical (unpaired) electrons. The van der Waals surface area contributed by atoms with Crippen LogP contribution in [0.1, 0.15) is 24.8 Å². The Hall–Kier alpha value is -2.77. The Labute approximate surface area is 161 Å². The molecule has 1 amide bonds. The Balaban J connectivity index is 1.87. The number of alkyl halides is 3. The van der Waals surface area contributed by atoms with Gasteiger partial charge in [0.05, 0.1) is 18.9 Å². The number of carbonyl (C=O) groups is 1. The normalized spacial score (nSPS) is 14.6. The number of amides is 1. The lowest BCUT2D eigenvalue weighted by Crippen LogP contribution is -2.38. The molecule has 1 aliphatic rings. The molecule has 28 heavy (non-hydrogen) atoms. The van der Waals surface area contributed by atoms with Crippen LogP contribution in [0.5, 0.6) is 11.5 Å². The molecule has 8 heteroatoms. The fraction of sp³-hybridized carbons (Fsp3) is 0.400. The first-order valence-corrected chi connectivity index (χ1v) is 8.99. The second-order valence-electron chi connectivity index (χ2n) is 6.55. The van der Waals surface area contributed by atoms with E-state index < -0.39 is 11.7 Å². The van der Waals surface area contributed by atoms with Gasteiger partial charge in [0.15, 0.2) is 6.61 Å². The van der Waals surface area contributed by atoms with Gasteiger partial charge in [-0.2, -0.15) is 13.2 Å². The number of benzene rings is 1. The predicted octanol–water partition coefficient (Wildman–Crippen LogP) is 4.17. The van der Waals surface area contributed by atoms with E-state index in [0.29, 0.717) is 24.4 Å². The van der Waals surface area contributed by atoms with Crippen molar-refractivity contribution in [2.75, 3.05) is 26.8 Å². The van der Waals surface area contributed by atoms with Crippen molar-refractivity contribution in [2.45, 2.75) is 25.4 Å². The average molecular weight is 394 g/mol. The van der Waals surface area contributed by atoms with E-state index >= 15 is 0 Å². The molecule has 0 unspecified atom stereocenters. The smallest absolute Gasteiger partial charge is 0.416 e. The second kappa shape index (κ2) is 8.50. The Morgan fingerprint density at radius 3 is 2.61 bits per heavy atom. The lowest BCUT2D eigenvalue weighted by atomic mass is 10.0. The highest BCUT2D eigenvalue weighted by atomic mass is 19.4. The molecule has 0 spiro atoms. The first kappa shape index (κ1) is 20.0. The zero-order valence-corrected chi connectivity index (χ0v) is 15.5. The van der Waals surface area contributed by atoms with Gasteiger partial charge >= 0.3 is 6.18 Å². The number of hydrogen-bond acceptors (Lipinski definition) is 4. The van der Waals surface area contributed by atoms with E-state index in [9.17, 15) is 18.0 Å². The number of carbonyl (C=O) groups excluding carboxylic acids is 1. The highest BCUT2D eigenvalue weighted by Gasteiger charge is 2.32. The number of aromatic nitrogens is 1. The molecule has 0 atom stereocenters. The standard InChI is InChI=1S/C20H21F3N2O3/c1-27-18-12-24-6-5-17(18)14-9-15(20(21,22)23)11-16(10-14)28-13-19(26)25-7-3-2-4-8-25/h5-6,9-12H,2-4,7-8,13H2,1H3. The van der Waals surface area contributed by atoms with Gasteiger partial charge in [-0.05, 0) is 49.1 Å². The number of hydrogen-bond donors (Lipinski definition) is 0. The SMILES string of the molecule is COc1cnccc1-c1cc(OCC(=O)N2CCCCC2)cc(C(F)(F)F)c1. The first-order valence-electron chi connectivity index (χ1n) is 8.99. The molecule has 0 aliphatic carbocycles. The zero-order chi connectivity index (χ0) is 20.1. The van der Waals surface area contributed by atoms with Crippen LogP contribution in [0.25, 0.3) is 11.1 Å². The van der Waals surface area contributed by atoms with E-state index in [2.05, 4.69) is 4.98 Å². The van der Waals surface area contributed by atoms with E-state index in [1.165, 1.54) is 25.6 Å². The van der Waals surface area contributed by atoms with E-state index in [0.717, 1.165) is 31.4 Å². The Morgan fingerprint density at radius 1 is 1.18 bits per heavy atom. The number of halogens is 3. The molecule has 2 heterocycles. The Morgan fingerprint density at radius 2 is 1.93 bits per heavy atom. The van der Waals surface area contributed by atoms with Crippen LogP contribution < -0.4 is 9.47 Å². The van der Waals surface area contributed by atoms with Gasteiger partial charge in [-0.1, -0.05) is 0 Å². The lowest BCUT2D eigenvalue weighted by Gasteiger charge is -2.26. The van der Waals surface area contributed by atoms with Gasteiger partial charge in [0.1, 0.15) is 11.5 Å². The summed E-state index contributed by atoms with van der Waals surface area (Å²) >= 11 is 0. The fourth-order valence-electron chi connectivity index (χ4n) is 3.16. The second-order valence-corrected chi connectivity index (χ2v) is 6.55. The van der Waals surface area contributed by atoms with Crippen molar-refractivity contribution in [3.05, 3.63) is 42.2 Å². The molecule has 0 N–H and O–H groups in total. The molecule has 150 valence electrons. The quantitative estimate of drug-likeness (QED) is 0.764. The topological polar surface area (TPSA) is 51.7 Å². The number of piperidine rings is 1. The van der Waals surface area contributed by atoms with Crippen LogP contribution in [0.3, 0.4) is 0 Å². The van der Waals surface area contributed by atoms with Crippen molar-refractivity contribution in [2.24, 2.45) is 0 Å². The minimum Gasteiger partial charge on any atom is -0.494 e. The maximum Gasteiger partial charge on any atom is 0.416 e. The minimum absolute atomic E-state index is 0.0194. The highest BCUT2D eigenvalue weighted by molar-refractivity contribution is 5.78. The summed E-state index contributed by atoms with van der Waals surface area (Å²) in [6.07, 6.45) is 1.29. The van der Waals surface area contributed by atoms with E-state index in [-0.39, 0.29) is 23.8 Å². The largest absolute Gasteiger partial charge is 0.494 e. The van der Waals surface area contributed by atoms with Crippen molar-refractivity contribution in [3.63, 3.8) is 0 Å². The Kier molecular flexibility index (Phi) is 6.06. The van der Waals surface area contributed by atoms with Gasteiger partial charge < -0.3 is 14.4 Å². The maximum absolute atomic E-state index is 13.4. The van der Waals surface area contributed by atoms with Gasteiger partial charge in [0.25, 0.3) is 5.91 Å². The molecule has 1 aromatic carbocycles. The highest BCUT2D eigenvalue weighted by Crippen LogP contribution is 2.38. The van der Waals surface area contributed by atoms with Gasteiger partial charge in [0.2, 0.25) is 0 Å². The van der Waals surface area contributed by atoms with Crippen LogP contribution in [-0.4, -0.2) is 42.6 Å². The molecule has 0 saturated carbocycles. The van der Waals surface area contributed by atoms with Crippen LogP contribution in [0.2, 0.25) is 0 Å². The van der Waals surface area contributed by atoms with Crippen molar-refractivity contribution in [1.82, 2.24) is 9.88 Å². The number of likely N-dealkylation sites (tertiary alicyclic amines) is 1. The lowest BCUT2D eigenvalue weighted by molar-refractivity contribution is -0.137. The fourth-order valence-corrected chi connectivity index (χ4v) is 3.16. The van der Waals surface area contributed by atoms with E-state index in [4.69, 9.17) is 9.47 Å². The third kappa shape index (κ3) is 4.74. The van der Waals surface area contributed by atoms with Gasteiger partial charge in [0, 0.05) is 24.8 Å². The summed E-state index contributed by atoms with van der Waals surface area (Å²) in [4.78, 5) is 17.9. The minimum atomic E-state index is -4.55. The number of nitrogens with zero attached hydrogens (tertiary/aromatic N) is 2. The molecule has 5 nitrogen and oxygen atoms in total. The van der Waals surface area contributed by atoms with Crippen molar-refractivity contribution in [3.8, 4) is 22.6 Å². The van der Waals surface area contributed by atoms with Crippen LogP contribution in [0.4, 0.5) is 13.2 Å². The Bertz CT molecular complexity index is 834. The number of ether oxygens (including phenoxy) is 2. The van der Waals surface area contributed by atoms with E-state index in [1.807, 2.05) is 0 Å². The van der Waals surface area contributed by atoms with Crippen molar-refractivity contribution in [1.29, 1.82) is 0 Å². The molecule has 1 aliphatic heterocycles. The zero-order valence-electron chi connectivity index (χ0n) is 15.5. The van der Waals surface area contributed by atoms with Crippen molar-refractivity contribution < 1.29 is 27.4 Å². The van der Waals surface area contributed by atoms with Gasteiger partial charge in [-0.25, -0.2) is 0 Å². The molecule has 0 bridgehead atoms. The summed E-state index contributed by atoms with van der Waals surface area (Å²) in [6.45, 7) is 1.02. The molecule has 1 saturated heterocycles. The van der Waals surface area contributed by atoms with Crippen LogP contribution >= 0.6 is 0 Å². The monoisotopic (exact) mass is 394 g/mol. The molecule has 3 rings (SSSR count). The number of pyridine rings is 1. The summed E-state index contributed by atoms with van der Waals surface area (Å²) in [5, 5.41) is 0. The molecular formula is C20H21F3N2O3. The average Bonchev–Trinajstić information content (AvgIpc) is 2.71. The summed E-state index contributed by atoms with van der Waals surface area (Å²) in [7, 11) is 1.42. The van der Waals surface area contributed by atoms with E-state index in [1.54, 1.807) is 11.0 Å². The van der Waals surface area contributed by atoms with Gasteiger partial charge in [-0.3, -0.25) is 9.78 Å². The number of methoxy groups -OCH3 is 1. The third-order valence-corrected chi connectivity index (χ3v) is 4.62. The molecule has 2 aromatic rings. The molecular weight excluding hydrogens is 373 g/mol. The predicted molar refractivity (Wildman–Crippen MR) is 97.2 cm³/mol. The summed E-state index contributed by atoms with van der Waals surface area (Å²) in [5.41, 5.74) is -0.130. The van der Waals surface area contributed by atoms with Gasteiger partial charge in [-0.15, -0.1) is 0 Å². The maximum atomic E-state index is 13.4. The third-order valence-electron chi connectivity index (χ3n) is 4.62. The molecule has 1 aromatic heterocycles. The van der Waals surface area contributed by atoms with Crippen LogP contribution in [0, 0.1) is 0 Å². The van der Waals surface area contributed by atoms with Crippen LogP contribution in [0.15, 0.2) is 36.7 Å².